The van der Waals surface area contributed by atoms with Gasteiger partial charge in [-0.2, -0.15) is 0 Å². The van der Waals surface area contributed by atoms with Crippen LogP contribution in [0.1, 0.15) is 40.1 Å². The molecule has 0 aliphatic carbocycles. The van der Waals surface area contributed by atoms with Gasteiger partial charge in [-0.25, -0.2) is 9.97 Å². The normalized spacial score (nSPS) is 11.4. The number of rotatable bonds is 7. The molecule has 2 N–H and O–H groups in total. The summed E-state index contributed by atoms with van der Waals surface area (Å²) in [5.41, 5.74) is 3.53. The van der Waals surface area contributed by atoms with Crippen LogP contribution in [-0.2, 0) is 5.41 Å². The summed E-state index contributed by atoms with van der Waals surface area (Å²) in [6.45, 7) is 4.58. The van der Waals surface area contributed by atoms with Gasteiger partial charge in [0.1, 0.15) is 5.65 Å². The van der Waals surface area contributed by atoms with Gasteiger partial charge in [0, 0.05) is 41.7 Å². The summed E-state index contributed by atoms with van der Waals surface area (Å²) in [6, 6.07) is 20.4. The molecule has 3 heterocycles. The quantitative estimate of drug-likeness (QED) is 0.361. The van der Waals surface area contributed by atoms with Crippen molar-refractivity contribution in [3.05, 3.63) is 115 Å². The summed E-state index contributed by atoms with van der Waals surface area (Å²) >= 11 is 0. The number of carbonyl (C=O) groups is 2. The minimum atomic E-state index is -0.312. The molecular weight excluding hydrogens is 452 g/mol. The first-order valence-corrected chi connectivity index (χ1v) is 11.6. The highest BCUT2D eigenvalue weighted by atomic mass is 16.2. The van der Waals surface area contributed by atoms with Gasteiger partial charge in [0.25, 0.3) is 11.8 Å². The topological polar surface area (TPSA) is 93.3 Å². The van der Waals surface area contributed by atoms with Crippen molar-refractivity contribution in [3.8, 4) is 5.69 Å². The van der Waals surface area contributed by atoms with Gasteiger partial charge in [0.2, 0.25) is 0 Å². The van der Waals surface area contributed by atoms with Crippen molar-refractivity contribution in [1.82, 2.24) is 24.3 Å². The summed E-state index contributed by atoms with van der Waals surface area (Å²) < 4.78 is 3.76. The fourth-order valence-corrected chi connectivity index (χ4v) is 3.96. The van der Waals surface area contributed by atoms with E-state index in [2.05, 4.69) is 34.4 Å². The number of nitrogens with zero attached hydrogens (tertiary/aromatic N) is 4. The van der Waals surface area contributed by atoms with Crippen LogP contribution in [0.2, 0.25) is 0 Å². The second kappa shape index (κ2) is 9.50. The Kier molecular flexibility index (Phi) is 6.08. The maximum absolute atomic E-state index is 12.8. The maximum Gasteiger partial charge on any atom is 0.256 e. The lowest BCUT2D eigenvalue weighted by molar-refractivity contribution is 0.0945. The summed E-state index contributed by atoms with van der Waals surface area (Å²) in [5.74, 6) is 0.120. The summed E-state index contributed by atoms with van der Waals surface area (Å²) in [7, 11) is 0. The third-order valence-corrected chi connectivity index (χ3v) is 6.14. The van der Waals surface area contributed by atoms with Gasteiger partial charge in [-0.3, -0.25) is 9.59 Å². The molecule has 3 aromatic heterocycles. The molecule has 0 unspecified atom stereocenters. The second-order valence-electron chi connectivity index (χ2n) is 9.21. The number of benzene rings is 2. The smallest absolute Gasteiger partial charge is 0.256 e. The monoisotopic (exact) mass is 478 g/mol. The van der Waals surface area contributed by atoms with Crippen molar-refractivity contribution < 1.29 is 9.59 Å². The highest BCUT2D eigenvalue weighted by molar-refractivity contribution is 6.03. The first-order valence-electron chi connectivity index (χ1n) is 11.6. The predicted octanol–water partition coefficient (Wildman–Crippen LogP) is 4.48. The van der Waals surface area contributed by atoms with Gasteiger partial charge < -0.3 is 19.6 Å². The van der Waals surface area contributed by atoms with Crippen molar-refractivity contribution >= 4 is 23.3 Å². The Morgan fingerprint density at radius 3 is 2.36 bits per heavy atom. The van der Waals surface area contributed by atoms with Gasteiger partial charge in [-0.1, -0.05) is 44.2 Å². The standard InChI is InChI=1S/C28H26N6O2/c1-28(2,18-30-26(35)20-6-4-3-5-7-20)22-10-8-21(9-11-22)27(36)32-24-17-34-16-23(12-13-25(34)31-24)33-15-14-29-19-33/h3-17,19H,18H2,1-2H3,(H,30,35)(H,32,36). The first-order chi connectivity index (χ1) is 17.4. The van der Waals surface area contributed by atoms with Crippen LogP contribution in [0.25, 0.3) is 11.3 Å². The van der Waals surface area contributed by atoms with Crippen LogP contribution in [0, 0.1) is 0 Å². The zero-order valence-corrected chi connectivity index (χ0v) is 20.1. The summed E-state index contributed by atoms with van der Waals surface area (Å²) in [4.78, 5) is 33.8. The van der Waals surface area contributed by atoms with E-state index >= 15 is 0 Å². The van der Waals surface area contributed by atoms with E-state index in [1.54, 1.807) is 43.0 Å². The largest absolute Gasteiger partial charge is 0.351 e. The van der Waals surface area contributed by atoms with Crippen molar-refractivity contribution in [2.24, 2.45) is 0 Å². The Morgan fingerprint density at radius 2 is 1.64 bits per heavy atom. The Bertz CT molecular complexity index is 1500. The first kappa shape index (κ1) is 23.0. The van der Waals surface area contributed by atoms with E-state index in [0.29, 0.717) is 23.5 Å². The lowest BCUT2D eigenvalue weighted by atomic mass is 9.84. The number of amides is 2. The zero-order chi connectivity index (χ0) is 25.1. The average Bonchev–Trinajstić information content (AvgIpc) is 3.57. The van der Waals surface area contributed by atoms with Crippen LogP contribution >= 0.6 is 0 Å². The number of fused-ring (bicyclic) bond motifs is 1. The molecule has 0 aliphatic rings. The van der Waals surface area contributed by atoms with Crippen LogP contribution in [-0.4, -0.2) is 37.3 Å². The number of hydrogen-bond acceptors (Lipinski definition) is 4. The molecule has 0 spiro atoms. The zero-order valence-electron chi connectivity index (χ0n) is 20.1. The predicted molar refractivity (Wildman–Crippen MR) is 139 cm³/mol. The summed E-state index contributed by atoms with van der Waals surface area (Å²) in [5, 5.41) is 5.87. The van der Waals surface area contributed by atoms with Crippen molar-refractivity contribution in [2.75, 3.05) is 11.9 Å². The maximum atomic E-state index is 12.8. The van der Waals surface area contributed by atoms with Gasteiger partial charge >= 0.3 is 0 Å². The Morgan fingerprint density at radius 1 is 0.889 bits per heavy atom. The minimum Gasteiger partial charge on any atom is -0.351 e. The SMILES string of the molecule is CC(C)(CNC(=O)c1ccccc1)c1ccc(C(=O)Nc2cn3cc(-n4ccnc4)ccc3n2)cc1. The molecule has 0 saturated heterocycles. The second-order valence-corrected chi connectivity index (χ2v) is 9.21. The molecule has 0 bridgehead atoms. The van der Waals surface area contributed by atoms with Crippen molar-refractivity contribution in [3.63, 3.8) is 0 Å². The Labute approximate surface area is 208 Å². The molecule has 0 fully saturated rings. The molecule has 36 heavy (non-hydrogen) atoms. The molecule has 2 aromatic carbocycles. The van der Waals surface area contributed by atoms with Gasteiger partial charge in [0.05, 0.1) is 18.2 Å². The Balaban J connectivity index is 1.24. The molecule has 5 aromatic rings. The van der Waals surface area contributed by atoms with Crippen LogP contribution in [0.4, 0.5) is 5.82 Å². The summed E-state index contributed by atoms with van der Waals surface area (Å²) in [6.07, 6.45) is 9.01. The third kappa shape index (κ3) is 4.88. The molecule has 180 valence electrons. The van der Waals surface area contributed by atoms with E-state index in [4.69, 9.17) is 0 Å². The molecule has 8 nitrogen and oxygen atoms in total. The van der Waals surface area contributed by atoms with E-state index in [0.717, 1.165) is 16.9 Å². The molecule has 0 radical (unpaired) electrons. The highest BCUT2D eigenvalue weighted by Gasteiger charge is 2.22. The van der Waals surface area contributed by atoms with Crippen LogP contribution < -0.4 is 10.6 Å². The van der Waals surface area contributed by atoms with Gasteiger partial charge in [0.15, 0.2) is 5.82 Å². The molecule has 5 rings (SSSR count). The fraction of sp³-hybridized carbons (Fsp3) is 0.143. The van der Waals surface area contributed by atoms with Gasteiger partial charge in [-0.15, -0.1) is 0 Å². The molecule has 0 saturated carbocycles. The number of imidazole rings is 2. The molecule has 8 heteroatoms. The highest BCUT2D eigenvalue weighted by Crippen LogP contribution is 2.23. The van der Waals surface area contributed by atoms with Crippen LogP contribution in [0.3, 0.4) is 0 Å². The van der Waals surface area contributed by atoms with Crippen molar-refractivity contribution in [2.45, 2.75) is 19.3 Å². The number of carbonyl (C=O) groups excluding carboxylic acids is 2. The number of anilines is 1. The molecule has 2 amide bonds. The lowest BCUT2D eigenvalue weighted by Crippen LogP contribution is -2.36. The molecular formula is C28H26N6O2. The van der Waals surface area contributed by atoms with E-state index < -0.39 is 0 Å². The number of hydrogen-bond donors (Lipinski definition) is 2. The molecule has 0 aliphatic heterocycles. The van der Waals surface area contributed by atoms with Crippen LogP contribution in [0.5, 0.6) is 0 Å². The van der Waals surface area contributed by atoms with Gasteiger partial charge in [-0.05, 0) is 42.0 Å². The minimum absolute atomic E-state index is 0.107. The van der Waals surface area contributed by atoms with E-state index in [1.165, 1.54) is 0 Å². The average molecular weight is 479 g/mol. The number of aromatic nitrogens is 4. The lowest BCUT2D eigenvalue weighted by Gasteiger charge is -2.26. The number of nitrogens with one attached hydrogen (secondary N) is 2. The van der Waals surface area contributed by atoms with Crippen LogP contribution in [0.15, 0.2) is 97.8 Å². The molecule has 0 atom stereocenters. The van der Waals surface area contributed by atoms with E-state index in [9.17, 15) is 9.59 Å². The third-order valence-electron chi connectivity index (χ3n) is 6.14. The van der Waals surface area contributed by atoms with E-state index in [1.807, 2.05) is 63.8 Å². The Hall–Kier alpha value is -4.72. The van der Waals surface area contributed by atoms with E-state index in [-0.39, 0.29) is 17.2 Å². The van der Waals surface area contributed by atoms with Crippen molar-refractivity contribution in [1.29, 1.82) is 0 Å². The fourth-order valence-electron chi connectivity index (χ4n) is 3.96. The number of pyridine rings is 1.